The van der Waals surface area contributed by atoms with E-state index >= 15 is 0 Å². The number of hydrogen-bond donors (Lipinski definition) is 3. The number of furan rings is 1. The van der Waals surface area contributed by atoms with Gasteiger partial charge in [0.15, 0.2) is 0 Å². The van der Waals surface area contributed by atoms with Gasteiger partial charge in [0.05, 0.1) is 32.6 Å². The molecule has 48 heavy (non-hydrogen) atoms. The fourth-order valence-electron chi connectivity index (χ4n) is 4.57. The first kappa shape index (κ1) is 33.4. The third kappa shape index (κ3) is 8.86. The summed E-state index contributed by atoms with van der Waals surface area (Å²) in [7, 11) is 4.66. The Labute approximate surface area is 282 Å². The van der Waals surface area contributed by atoms with Gasteiger partial charge in [0.2, 0.25) is 5.91 Å². The predicted molar refractivity (Wildman–Crippen MR) is 187 cm³/mol. The van der Waals surface area contributed by atoms with E-state index in [9.17, 15) is 14.4 Å². The minimum Gasteiger partial charge on any atom is -0.497 e. The molecule has 11 heteroatoms. The smallest absolute Gasteiger partial charge is 0.272 e. The molecule has 244 valence electrons. The van der Waals surface area contributed by atoms with Gasteiger partial charge in [-0.1, -0.05) is 30.3 Å². The minimum atomic E-state index is -0.553. The maximum absolute atomic E-state index is 13.5. The van der Waals surface area contributed by atoms with Crippen molar-refractivity contribution in [1.82, 2.24) is 5.32 Å². The number of anilines is 2. The standard InChI is InChI=1S/C37H33N3O7S/c1-44-28-19-26(20-29(21-28)45-2)38-35(41)23-48-30-16-13-25(14-17-30)39-37(43)32(40-36(42)24-9-5-4-6-10-24)22-27-15-18-34(47-27)31-11-7-8-12-33(31)46-3/h4-22H,23H2,1-3H3,(H,38,41)(H,39,43)(H,40,42)/b32-22+. The first-order valence-corrected chi connectivity index (χ1v) is 15.7. The molecule has 10 nitrogen and oxygen atoms in total. The van der Waals surface area contributed by atoms with Crippen LogP contribution in [0.5, 0.6) is 17.2 Å². The van der Waals surface area contributed by atoms with E-state index in [1.54, 1.807) is 106 Å². The molecule has 1 aromatic heterocycles. The molecule has 3 N–H and O–H groups in total. The van der Waals surface area contributed by atoms with Gasteiger partial charge in [-0.05, 0) is 60.7 Å². The van der Waals surface area contributed by atoms with Gasteiger partial charge in [0.25, 0.3) is 11.8 Å². The third-order valence-electron chi connectivity index (χ3n) is 6.93. The molecule has 0 unspecified atom stereocenters. The van der Waals surface area contributed by atoms with E-state index in [-0.39, 0.29) is 17.4 Å². The second-order valence-corrected chi connectivity index (χ2v) is 11.2. The largest absolute Gasteiger partial charge is 0.497 e. The van der Waals surface area contributed by atoms with Crippen LogP contribution in [0.3, 0.4) is 0 Å². The van der Waals surface area contributed by atoms with Crippen LogP contribution in [0.25, 0.3) is 17.4 Å². The monoisotopic (exact) mass is 663 g/mol. The van der Waals surface area contributed by atoms with Crippen molar-refractivity contribution in [2.75, 3.05) is 37.7 Å². The van der Waals surface area contributed by atoms with Crippen LogP contribution in [0.2, 0.25) is 0 Å². The minimum absolute atomic E-state index is 0.0194. The summed E-state index contributed by atoms with van der Waals surface area (Å²) < 4.78 is 22.0. The van der Waals surface area contributed by atoms with Crippen LogP contribution in [-0.4, -0.2) is 44.8 Å². The number of thioether (sulfide) groups is 1. The molecule has 0 aliphatic rings. The van der Waals surface area contributed by atoms with Gasteiger partial charge in [-0.15, -0.1) is 11.8 Å². The molecule has 0 aliphatic heterocycles. The molecule has 0 aliphatic carbocycles. The molecule has 0 saturated heterocycles. The van der Waals surface area contributed by atoms with Crippen LogP contribution < -0.4 is 30.2 Å². The number of carbonyl (C=O) groups is 3. The van der Waals surface area contributed by atoms with E-state index in [2.05, 4.69) is 16.0 Å². The Kier molecular flexibility index (Phi) is 11.2. The molecule has 0 bridgehead atoms. The maximum Gasteiger partial charge on any atom is 0.272 e. The molecular formula is C37H33N3O7S. The van der Waals surface area contributed by atoms with E-state index in [1.807, 2.05) is 24.3 Å². The Morgan fingerprint density at radius 2 is 1.42 bits per heavy atom. The molecule has 3 amide bonds. The van der Waals surface area contributed by atoms with Gasteiger partial charge in [-0.3, -0.25) is 14.4 Å². The number of carbonyl (C=O) groups excluding carboxylic acids is 3. The predicted octanol–water partition coefficient (Wildman–Crippen LogP) is 7.11. The van der Waals surface area contributed by atoms with E-state index in [0.29, 0.717) is 45.7 Å². The van der Waals surface area contributed by atoms with Gasteiger partial charge >= 0.3 is 0 Å². The zero-order chi connectivity index (χ0) is 33.9. The van der Waals surface area contributed by atoms with E-state index in [0.717, 1.165) is 10.5 Å². The lowest BCUT2D eigenvalue weighted by atomic mass is 10.1. The fraction of sp³-hybridized carbons (Fsp3) is 0.108. The van der Waals surface area contributed by atoms with Crippen LogP contribution >= 0.6 is 11.8 Å². The molecule has 0 atom stereocenters. The zero-order valence-corrected chi connectivity index (χ0v) is 27.3. The highest BCUT2D eigenvalue weighted by atomic mass is 32.2. The molecule has 1 heterocycles. The average Bonchev–Trinajstić information content (AvgIpc) is 3.59. The number of nitrogens with one attached hydrogen (secondary N) is 3. The molecule has 0 fully saturated rings. The van der Waals surface area contributed by atoms with Crippen molar-refractivity contribution in [2.24, 2.45) is 0 Å². The summed E-state index contributed by atoms with van der Waals surface area (Å²) in [5.41, 5.74) is 2.17. The lowest BCUT2D eigenvalue weighted by Gasteiger charge is -2.12. The quantitative estimate of drug-likeness (QED) is 0.0898. The van der Waals surface area contributed by atoms with E-state index in [4.69, 9.17) is 18.6 Å². The van der Waals surface area contributed by atoms with Crippen molar-refractivity contribution >= 4 is 46.9 Å². The summed E-state index contributed by atoms with van der Waals surface area (Å²) in [6.07, 6.45) is 1.47. The van der Waals surface area contributed by atoms with Gasteiger partial charge < -0.3 is 34.6 Å². The average molecular weight is 664 g/mol. The number of para-hydroxylation sites is 1. The summed E-state index contributed by atoms with van der Waals surface area (Å²) in [6.45, 7) is 0. The van der Waals surface area contributed by atoms with Crippen molar-refractivity contribution in [2.45, 2.75) is 4.90 Å². The van der Waals surface area contributed by atoms with Crippen LogP contribution in [0.15, 0.2) is 124 Å². The van der Waals surface area contributed by atoms with Crippen molar-refractivity contribution in [3.8, 4) is 28.6 Å². The lowest BCUT2D eigenvalue weighted by Crippen LogP contribution is -2.30. The molecular weight excluding hydrogens is 630 g/mol. The number of methoxy groups -OCH3 is 3. The van der Waals surface area contributed by atoms with Crippen molar-refractivity contribution in [3.63, 3.8) is 0 Å². The van der Waals surface area contributed by atoms with Crippen molar-refractivity contribution in [1.29, 1.82) is 0 Å². The second-order valence-electron chi connectivity index (χ2n) is 10.2. The summed E-state index contributed by atoms with van der Waals surface area (Å²) >= 11 is 1.34. The van der Waals surface area contributed by atoms with Crippen molar-refractivity contribution in [3.05, 3.63) is 126 Å². The Morgan fingerprint density at radius 1 is 0.729 bits per heavy atom. The normalized spacial score (nSPS) is 10.9. The number of hydrogen-bond acceptors (Lipinski definition) is 8. The molecule has 5 aromatic rings. The van der Waals surface area contributed by atoms with Gasteiger partial charge in [-0.2, -0.15) is 0 Å². The molecule has 0 saturated carbocycles. The number of benzene rings is 4. The lowest BCUT2D eigenvalue weighted by molar-refractivity contribution is -0.114. The van der Waals surface area contributed by atoms with Gasteiger partial charge in [0.1, 0.15) is 34.5 Å². The molecule has 4 aromatic carbocycles. The summed E-state index contributed by atoms with van der Waals surface area (Å²) in [5, 5.41) is 8.38. The Balaban J connectivity index is 1.27. The summed E-state index contributed by atoms with van der Waals surface area (Å²) in [5.74, 6) is 1.60. The summed E-state index contributed by atoms with van der Waals surface area (Å²) in [6, 6.07) is 31.6. The summed E-state index contributed by atoms with van der Waals surface area (Å²) in [4.78, 5) is 40.0. The van der Waals surface area contributed by atoms with E-state index in [1.165, 1.54) is 17.8 Å². The highest BCUT2D eigenvalue weighted by Gasteiger charge is 2.17. The Bertz CT molecular complexity index is 1900. The molecule has 0 radical (unpaired) electrons. The van der Waals surface area contributed by atoms with Crippen LogP contribution in [0, 0.1) is 0 Å². The number of rotatable bonds is 13. The van der Waals surface area contributed by atoms with Crippen LogP contribution in [0.1, 0.15) is 16.1 Å². The Morgan fingerprint density at radius 3 is 2.10 bits per heavy atom. The highest BCUT2D eigenvalue weighted by molar-refractivity contribution is 8.00. The van der Waals surface area contributed by atoms with Gasteiger partial charge in [-0.25, -0.2) is 0 Å². The van der Waals surface area contributed by atoms with Crippen molar-refractivity contribution < 1.29 is 33.0 Å². The second kappa shape index (κ2) is 16.1. The Hall–Kier alpha value is -5.94. The first-order chi connectivity index (χ1) is 23.3. The van der Waals surface area contributed by atoms with E-state index < -0.39 is 11.8 Å². The van der Waals surface area contributed by atoms with Gasteiger partial charge in [0, 0.05) is 46.1 Å². The molecule has 0 spiro atoms. The third-order valence-corrected chi connectivity index (χ3v) is 7.94. The van der Waals surface area contributed by atoms with Crippen LogP contribution in [-0.2, 0) is 9.59 Å². The number of amides is 3. The van der Waals surface area contributed by atoms with Crippen LogP contribution in [0.4, 0.5) is 11.4 Å². The fourth-order valence-corrected chi connectivity index (χ4v) is 5.26. The maximum atomic E-state index is 13.5. The highest BCUT2D eigenvalue weighted by Crippen LogP contribution is 2.32. The topological polar surface area (TPSA) is 128 Å². The molecule has 5 rings (SSSR count). The first-order valence-electron chi connectivity index (χ1n) is 14.7. The zero-order valence-electron chi connectivity index (χ0n) is 26.4. The number of ether oxygens (including phenoxy) is 3. The SMILES string of the molecule is COc1cc(NC(=O)CSc2ccc(NC(=O)/C(=C\c3ccc(-c4ccccc4OC)o3)NC(=O)c3ccccc3)cc2)cc(OC)c1.